The third-order valence-corrected chi connectivity index (χ3v) is 10.0. The smallest absolute Gasteiger partial charge is 0.248 e. The molecule has 43 heavy (non-hydrogen) atoms. The van der Waals surface area contributed by atoms with Crippen LogP contribution >= 0.6 is 23.4 Å². The van der Waals surface area contributed by atoms with E-state index in [-0.39, 0.29) is 24.1 Å². The first kappa shape index (κ1) is 32.1. The Morgan fingerprint density at radius 1 is 1.19 bits per heavy atom. The summed E-state index contributed by atoms with van der Waals surface area (Å²) < 4.78 is 70.1. The summed E-state index contributed by atoms with van der Waals surface area (Å²) in [7, 11) is 1.36. The molecule has 2 fully saturated rings. The van der Waals surface area contributed by atoms with Crippen LogP contribution in [-0.4, -0.2) is 84.3 Å². The van der Waals surface area contributed by atoms with E-state index < -0.39 is 82.7 Å². The normalized spacial score (nSPS) is 27.6. The Hall–Kier alpha value is -2.33. The molecule has 2 aliphatic rings. The maximum Gasteiger partial charge on any atom is 0.248 e. The first-order chi connectivity index (χ1) is 20.4. The summed E-state index contributed by atoms with van der Waals surface area (Å²) in [5.41, 5.74) is -1.62. The molecule has 1 saturated carbocycles. The summed E-state index contributed by atoms with van der Waals surface area (Å²) in [6.45, 7) is 1.19. The second kappa shape index (κ2) is 12.6. The number of methoxy groups -OCH3 is 1. The predicted octanol–water partition coefficient (Wildman–Crippen LogP) is 4.63. The zero-order valence-electron chi connectivity index (χ0n) is 23.2. The highest BCUT2D eigenvalue weighted by Gasteiger charge is 2.53. The molecule has 3 N–H and O–H groups in total. The van der Waals surface area contributed by atoms with Gasteiger partial charge in [0, 0.05) is 31.7 Å². The number of hydrogen-bond acceptors (Lipinski definition) is 9. The lowest BCUT2D eigenvalue weighted by Crippen LogP contribution is -2.56. The van der Waals surface area contributed by atoms with Crippen molar-refractivity contribution in [2.45, 2.75) is 79.2 Å². The Kier molecular flexibility index (Phi) is 9.38. The van der Waals surface area contributed by atoms with E-state index in [2.05, 4.69) is 15.3 Å². The van der Waals surface area contributed by atoms with Gasteiger partial charge in [0.2, 0.25) is 5.92 Å². The summed E-state index contributed by atoms with van der Waals surface area (Å²) in [6, 6.07) is 4.89. The second-order valence-corrected chi connectivity index (χ2v) is 12.5. The topological polar surface area (TPSA) is 123 Å². The van der Waals surface area contributed by atoms with Gasteiger partial charge in [0.25, 0.3) is 0 Å². The van der Waals surface area contributed by atoms with Crippen molar-refractivity contribution >= 4 is 23.4 Å². The number of benzene rings is 1. The van der Waals surface area contributed by atoms with E-state index in [4.69, 9.17) is 21.1 Å². The molecule has 1 unspecified atom stereocenters. The number of halogens is 5. The highest BCUT2D eigenvalue weighted by molar-refractivity contribution is 8.00. The molecule has 0 bridgehead atoms. The number of rotatable bonds is 8. The third kappa shape index (κ3) is 6.28. The molecule has 1 aliphatic carbocycles. The Morgan fingerprint density at radius 2 is 1.91 bits per heavy atom. The van der Waals surface area contributed by atoms with Gasteiger partial charge in [-0.15, -0.1) is 16.9 Å². The molecule has 6 atom stereocenters. The Morgan fingerprint density at radius 3 is 2.56 bits per heavy atom. The minimum atomic E-state index is -2.90. The molecule has 0 amide bonds. The van der Waals surface area contributed by atoms with Crippen LogP contribution in [0.2, 0.25) is 5.02 Å². The average Bonchev–Trinajstić information content (AvgIpc) is 3.46. The van der Waals surface area contributed by atoms with Gasteiger partial charge in [-0.3, -0.25) is 4.98 Å². The maximum atomic E-state index is 14.7. The molecular formula is C28H31ClF4N4O5S. The van der Waals surface area contributed by atoms with Crippen molar-refractivity contribution in [3.8, 4) is 11.3 Å². The van der Waals surface area contributed by atoms with Crippen LogP contribution < -0.4 is 0 Å². The number of aliphatic hydroxyl groups is 3. The molecule has 5 rings (SSSR count). The summed E-state index contributed by atoms with van der Waals surface area (Å²) in [5, 5.41) is 39.9. The highest BCUT2D eigenvalue weighted by Crippen LogP contribution is 2.53. The van der Waals surface area contributed by atoms with E-state index >= 15 is 0 Å². The fourth-order valence-corrected chi connectivity index (χ4v) is 7.57. The molecule has 3 heterocycles. The second-order valence-electron chi connectivity index (χ2n) is 10.9. The minimum Gasteiger partial charge on any atom is -0.394 e. The number of aliphatic hydroxyl groups excluding tert-OH is 2. The lowest BCUT2D eigenvalue weighted by molar-refractivity contribution is -0.186. The summed E-state index contributed by atoms with van der Waals surface area (Å²) in [6.07, 6.45) is -2.08. The Labute approximate surface area is 254 Å². The lowest BCUT2D eigenvalue weighted by atomic mass is 9.79. The molecule has 0 radical (unpaired) electrons. The van der Waals surface area contributed by atoms with Gasteiger partial charge >= 0.3 is 0 Å². The van der Waals surface area contributed by atoms with Crippen molar-refractivity contribution in [3.05, 3.63) is 64.6 Å². The van der Waals surface area contributed by atoms with E-state index in [1.165, 1.54) is 30.1 Å². The highest BCUT2D eigenvalue weighted by atomic mass is 35.5. The number of ether oxygens (including phenoxy) is 2. The zero-order chi connectivity index (χ0) is 31.1. The number of nitrogens with zero attached hydrogens (tertiary/aromatic N) is 4. The van der Waals surface area contributed by atoms with E-state index in [1.54, 1.807) is 25.3 Å². The quantitative estimate of drug-likeness (QED) is 0.238. The van der Waals surface area contributed by atoms with Gasteiger partial charge in [0.1, 0.15) is 35.5 Å². The SMILES string of the molecule is CO[C@@H]1[C@@H](n2cc(-c3ccc(Cl)c(F)c3F)nn2)[C@@H](O)[C@@H](CO)O[C@H]1SC(c1ncccc1C)C1(O)CCC(F)(F)CC1. The van der Waals surface area contributed by atoms with E-state index in [0.29, 0.717) is 5.69 Å². The van der Waals surface area contributed by atoms with Gasteiger partial charge in [-0.2, -0.15) is 0 Å². The van der Waals surface area contributed by atoms with Gasteiger partial charge in [0.05, 0.1) is 34.4 Å². The molecular weight excluding hydrogens is 616 g/mol. The number of pyridine rings is 1. The van der Waals surface area contributed by atoms with Crippen molar-refractivity contribution in [1.29, 1.82) is 0 Å². The molecule has 1 saturated heterocycles. The number of aromatic nitrogens is 4. The molecule has 3 aromatic rings. The zero-order valence-corrected chi connectivity index (χ0v) is 24.8. The Balaban J connectivity index is 1.51. The van der Waals surface area contributed by atoms with Crippen molar-refractivity contribution in [3.63, 3.8) is 0 Å². The molecule has 15 heteroatoms. The van der Waals surface area contributed by atoms with Crippen LogP contribution in [0.25, 0.3) is 11.3 Å². The fraction of sp³-hybridized carbons (Fsp3) is 0.536. The van der Waals surface area contributed by atoms with E-state index in [0.717, 1.165) is 17.3 Å². The van der Waals surface area contributed by atoms with Crippen LogP contribution in [0.5, 0.6) is 0 Å². The van der Waals surface area contributed by atoms with Crippen LogP contribution in [-0.2, 0) is 9.47 Å². The Bertz CT molecular complexity index is 1440. The summed E-state index contributed by atoms with van der Waals surface area (Å²) in [4.78, 5) is 4.47. The van der Waals surface area contributed by atoms with Crippen molar-refractivity contribution in [2.24, 2.45) is 0 Å². The predicted molar refractivity (Wildman–Crippen MR) is 150 cm³/mol. The lowest BCUT2D eigenvalue weighted by Gasteiger charge is -2.47. The standard InChI is InChI=1S/C28H31ClF4N4O5S/c1-14-4-3-11-34-21(14)25(27(40)7-9-28(32,33)10-8-27)43-26-24(41-2)22(23(39)18(13-38)42-26)37-12-17(35-36-37)15-5-6-16(29)20(31)19(15)30/h3-6,11-12,18,22-26,38-40H,7-10,13H2,1-2H3/t18-,22+,23+,24-,25?,26+/m1/s1. The first-order valence-corrected chi connectivity index (χ1v) is 14.9. The molecule has 2 aromatic heterocycles. The monoisotopic (exact) mass is 646 g/mol. The first-order valence-electron chi connectivity index (χ1n) is 13.6. The van der Waals surface area contributed by atoms with Crippen molar-refractivity contribution < 1.29 is 42.4 Å². The third-order valence-electron chi connectivity index (χ3n) is 8.13. The number of hydrogen-bond donors (Lipinski definition) is 3. The van der Waals surface area contributed by atoms with E-state index in [1.807, 2.05) is 0 Å². The van der Waals surface area contributed by atoms with Crippen LogP contribution in [0.1, 0.15) is 48.2 Å². The van der Waals surface area contributed by atoms with Gasteiger partial charge in [-0.1, -0.05) is 22.9 Å². The molecule has 1 aromatic carbocycles. The van der Waals surface area contributed by atoms with Gasteiger partial charge in [-0.05, 0) is 43.5 Å². The van der Waals surface area contributed by atoms with Gasteiger partial charge in [0.15, 0.2) is 11.6 Å². The molecule has 234 valence electrons. The summed E-state index contributed by atoms with van der Waals surface area (Å²) in [5.74, 6) is -5.37. The number of aryl methyl sites for hydroxylation is 1. The molecule has 1 aliphatic heterocycles. The minimum absolute atomic E-state index is 0.0502. The average molecular weight is 647 g/mol. The molecule has 9 nitrogen and oxygen atoms in total. The number of thioether (sulfide) groups is 1. The van der Waals surface area contributed by atoms with Crippen LogP contribution in [0.3, 0.4) is 0 Å². The maximum absolute atomic E-state index is 14.7. The largest absolute Gasteiger partial charge is 0.394 e. The van der Waals surface area contributed by atoms with Crippen LogP contribution in [0, 0.1) is 18.6 Å². The van der Waals surface area contributed by atoms with E-state index in [9.17, 15) is 32.9 Å². The van der Waals surface area contributed by atoms with Crippen LogP contribution in [0.4, 0.5) is 17.6 Å². The van der Waals surface area contributed by atoms with Crippen molar-refractivity contribution in [1.82, 2.24) is 20.0 Å². The summed E-state index contributed by atoms with van der Waals surface area (Å²) >= 11 is 6.76. The van der Waals surface area contributed by atoms with Crippen molar-refractivity contribution in [2.75, 3.05) is 13.7 Å². The fourth-order valence-electron chi connectivity index (χ4n) is 5.66. The molecule has 0 spiro atoms. The van der Waals surface area contributed by atoms with Crippen LogP contribution in [0.15, 0.2) is 36.7 Å². The van der Waals surface area contributed by atoms with Gasteiger partial charge < -0.3 is 24.8 Å². The van der Waals surface area contributed by atoms with Gasteiger partial charge in [-0.25, -0.2) is 22.2 Å². The number of alkyl halides is 2.